The summed E-state index contributed by atoms with van der Waals surface area (Å²) in [5.41, 5.74) is 1.17. The average molecular weight is 338 g/mol. The van der Waals surface area contributed by atoms with Crippen LogP contribution in [0.2, 0.25) is 10.0 Å². The molecular weight excluding hydrogens is 325 g/mol. The van der Waals surface area contributed by atoms with E-state index in [-0.39, 0.29) is 11.7 Å². The number of anilines is 1. The molecule has 0 unspecified atom stereocenters. The van der Waals surface area contributed by atoms with Gasteiger partial charge in [-0.05, 0) is 42.0 Å². The fraction of sp³-hybridized carbons (Fsp3) is 0.0625. The Hall–Kier alpha value is -2.17. The Morgan fingerprint density at radius 3 is 2.45 bits per heavy atom. The Morgan fingerprint density at radius 1 is 1.18 bits per heavy atom. The minimum absolute atomic E-state index is 0.00619. The molecule has 114 valence electrons. The van der Waals surface area contributed by atoms with Crippen molar-refractivity contribution < 1.29 is 14.6 Å². The molecule has 0 bridgehead atoms. The molecule has 0 heterocycles. The number of phenolic OH excluding ortho intramolecular Hbond substituents is 1. The quantitative estimate of drug-likeness (QED) is 0.815. The van der Waals surface area contributed by atoms with Crippen LogP contribution in [0.25, 0.3) is 6.08 Å². The van der Waals surface area contributed by atoms with Crippen LogP contribution in [0.1, 0.15) is 5.56 Å². The number of methoxy groups -OCH3 is 1. The third-order valence-electron chi connectivity index (χ3n) is 2.76. The van der Waals surface area contributed by atoms with Gasteiger partial charge in [-0.25, -0.2) is 0 Å². The summed E-state index contributed by atoms with van der Waals surface area (Å²) in [6, 6.07) is 9.60. The van der Waals surface area contributed by atoms with Crippen LogP contribution in [-0.4, -0.2) is 18.1 Å². The molecule has 1 amide bonds. The summed E-state index contributed by atoms with van der Waals surface area (Å²) in [6.45, 7) is 0. The molecular formula is C16H13Cl2NO3. The van der Waals surface area contributed by atoms with E-state index < -0.39 is 0 Å². The summed E-state index contributed by atoms with van der Waals surface area (Å²) in [5, 5.41) is 13.2. The van der Waals surface area contributed by atoms with E-state index in [1.54, 1.807) is 36.4 Å². The zero-order valence-corrected chi connectivity index (χ0v) is 13.2. The van der Waals surface area contributed by atoms with Crippen molar-refractivity contribution in [2.75, 3.05) is 12.4 Å². The fourth-order valence-electron chi connectivity index (χ4n) is 1.79. The van der Waals surface area contributed by atoms with E-state index in [1.165, 1.54) is 19.3 Å². The van der Waals surface area contributed by atoms with Gasteiger partial charge in [-0.3, -0.25) is 4.79 Å². The van der Waals surface area contributed by atoms with Crippen LogP contribution in [0.5, 0.6) is 11.5 Å². The molecule has 4 nitrogen and oxygen atoms in total. The van der Waals surface area contributed by atoms with Crippen molar-refractivity contribution in [1.29, 1.82) is 0 Å². The van der Waals surface area contributed by atoms with Gasteiger partial charge in [-0.1, -0.05) is 29.3 Å². The van der Waals surface area contributed by atoms with Crippen molar-refractivity contribution >= 4 is 40.9 Å². The molecule has 0 spiro atoms. The lowest BCUT2D eigenvalue weighted by Crippen LogP contribution is -2.07. The molecule has 0 fully saturated rings. The lowest BCUT2D eigenvalue weighted by atomic mass is 10.2. The monoisotopic (exact) mass is 337 g/mol. The highest BCUT2D eigenvalue weighted by molar-refractivity contribution is 6.35. The van der Waals surface area contributed by atoms with Gasteiger partial charge in [0.2, 0.25) is 5.91 Å². The summed E-state index contributed by atoms with van der Waals surface area (Å²) >= 11 is 11.7. The van der Waals surface area contributed by atoms with E-state index in [0.717, 1.165) is 0 Å². The normalized spacial score (nSPS) is 10.7. The third-order valence-corrected chi connectivity index (χ3v) is 3.20. The predicted molar refractivity (Wildman–Crippen MR) is 88.8 cm³/mol. The van der Waals surface area contributed by atoms with E-state index in [2.05, 4.69) is 5.32 Å². The van der Waals surface area contributed by atoms with Gasteiger partial charge < -0.3 is 15.2 Å². The number of ether oxygens (including phenoxy) is 1. The van der Waals surface area contributed by atoms with Crippen molar-refractivity contribution in [3.05, 3.63) is 58.1 Å². The molecule has 2 aromatic carbocycles. The average Bonchev–Trinajstić information content (AvgIpc) is 2.44. The van der Waals surface area contributed by atoms with Crippen LogP contribution in [0.4, 0.5) is 5.69 Å². The molecule has 2 rings (SSSR count). The van der Waals surface area contributed by atoms with Gasteiger partial charge in [-0.15, -0.1) is 0 Å². The smallest absolute Gasteiger partial charge is 0.248 e. The van der Waals surface area contributed by atoms with Crippen molar-refractivity contribution in [2.24, 2.45) is 0 Å². The standard InChI is InChI=1S/C16H13Cl2NO3/c1-22-15-4-2-10(6-14(15)20)3-5-16(21)19-13-8-11(17)7-12(18)9-13/h2-9,20H,1H3,(H,19,21)/b5-3+. The fourth-order valence-corrected chi connectivity index (χ4v) is 2.32. The molecule has 0 saturated heterocycles. The summed E-state index contributed by atoms with van der Waals surface area (Å²) in [5.74, 6) is 0.0375. The van der Waals surface area contributed by atoms with E-state index >= 15 is 0 Å². The van der Waals surface area contributed by atoms with E-state index in [1.807, 2.05) is 0 Å². The molecule has 22 heavy (non-hydrogen) atoms. The van der Waals surface area contributed by atoms with Crippen molar-refractivity contribution in [1.82, 2.24) is 0 Å². The van der Waals surface area contributed by atoms with Crippen LogP contribution in [0, 0.1) is 0 Å². The summed E-state index contributed by atoms with van der Waals surface area (Å²) in [7, 11) is 1.47. The van der Waals surface area contributed by atoms with Crippen LogP contribution in [0.3, 0.4) is 0 Å². The lowest BCUT2D eigenvalue weighted by molar-refractivity contribution is -0.111. The number of hydrogen-bond acceptors (Lipinski definition) is 3. The lowest BCUT2D eigenvalue weighted by Gasteiger charge is -2.04. The number of aromatic hydroxyl groups is 1. The topological polar surface area (TPSA) is 58.6 Å². The second-order valence-electron chi connectivity index (χ2n) is 4.41. The SMILES string of the molecule is COc1ccc(/C=C/C(=O)Nc2cc(Cl)cc(Cl)c2)cc1O. The Morgan fingerprint density at radius 2 is 1.86 bits per heavy atom. The largest absolute Gasteiger partial charge is 0.504 e. The highest BCUT2D eigenvalue weighted by Gasteiger charge is 2.03. The second kappa shape index (κ2) is 7.20. The van der Waals surface area contributed by atoms with Crippen molar-refractivity contribution in [3.63, 3.8) is 0 Å². The highest BCUT2D eigenvalue weighted by Crippen LogP contribution is 2.26. The van der Waals surface area contributed by atoms with Crippen molar-refractivity contribution in [3.8, 4) is 11.5 Å². The van der Waals surface area contributed by atoms with Gasteiger partial charge in [0.15, 0.2) is 11.5 Å². The number of benzene rings is 2. The number of carbonyl (C=O) groups is 1. The third kappa shape index (κ3) is 4.41. The van der Waals surface area contributed by atoms with Crippen molar-refractivity contribution in [2.45, 2.75) is 0 Å². The summed E-state index contributed by atoms with van der Waals surface area (Å²) < 4.78 is 4.95. The molecule has 0 aliphatic heterocycles. The van der Waals surface area contributed by atoms with Gasteiger partial charge >= 0.3 is 0 Å². The van der Waals surface area contributed by atoms with Crippen LogP contribution in [-0.2, 0) is 4.79 Å². The summed E-state index contributed by atoms with van der Waals surface area (Å²) in [4.78, 5) is 11.8. The maximum absolute atomic E-state index is 11.8. The molecule has 0 aliphatic rings. The number of rotatable bonds is 4. The van der Waals surface area contributed by atoms with Gasteiger partial charge in [0.25, 0.3) is 0 Å². The molecule has 0 saturated carbocycles. The van der Waals surface area contributed by atoms with Gasteiger partial charge in [-0.2, -0.15) is 0 Å². The zero-order valence-electron chi connectivity index (χ0n) is 11.6. The molecule has 0 atom stereocenters. The van der Waals surface area contributed by atoms with Gasteiger partial charge in [0.05, 0.1) is 7.11 Å². The highest BCUT2D eigenvalue weighted by atomic mass is 35.5. The number of carbonyl (C=O) groups excluding carboxylic acids is 1. The number of amides is 1. The molecule has 2 aromatic rings. The Labute approximate surface area is 137 Å². The first-order valence-corrected chi connectivity index (χ1v) is 7.05. The van der Waals surface area contributed by atoms with Gasteiger partial charge in [0.1, 0.15) is 0 Å². The zero-order chi connectivity index (χ0) is 16.1. The maximum atomic E-state index is 11.8. The maximum Gasteiger partial charge on any atom is 0.248 e. The molecule has 0 radical (unpaired) electrons. The Kier molecular flexibility index (Phi) is 5.31. The Balaban J connectivity index is 2.06. The first kappa shape index (κ1) is 16.2. The second-order valence-corrected chi connectivity index (χ2v) is 5.28. The first-order valence-electron chi connectivity index (χ1n) is 6.30. The minimum atomic E-state index is -0.339. The molecule has 6 heteroatoms. The van der Waals surface area contributed by atoms with E-state index in [4.69, 9.17) is 27.9 Å². The number of hydrogen-bond donors (Lipinski definition) is 2. The minimum Gasteiger partial charge on any atom is -0.504 e. The molecule has 0 aliphatic carbocycles. The van der Waals surface area contributed by atoms with Gasteiger partial charge in [0, 0.05) is 21.8 Å². The number of halogens is 2. The number of nitrogens with one attached hydrogen (secondary N) is 1. The van der Waals surface area contributed by atoms with Crippen LogP contribution in [0.15, 0.2) is 42.5 Å². The summed E-state index contributed by atoms with van der Waals surface area (Å²) in [6.07, 6.45) is 2.91. The molecule has 0 aromatic heterocycles. The molecule has 2 N–H and O–H groups in total. The van der Waals surface area contributed by atoms with E-state index in [0.29, 0.717) is 27.0 Å². The number of phenols is 1. The van der Waals surface area contributed by atoms with Crippen LogP contribution < -0.4 is 10.1 Å². The predicted octanol–water partition coefficient (Wildman–Crippen LogP) is 4.36. The van der Waals surface area contributed by atoms with Crippen LogP contribution >= 0.6 is 23.2 Å². The van der Waals surface area contributed by atoms with E-state index in [9.17, 15) is 9.90 Å². The first-order chi connectivity index (χ1) is 10.5. The Bertz CT molecular complexity index is 709.